The van der Waals surface area contributed by atoms with Crippen molar-refractivity contribution in [3.05, 3.63) is 47.0 Å². The highest BCUT2D eigenvalue weighted by Crippen LogP contribution is 2.25. The van der Waals surface area contributed by atoms with E-state index in [2.05, 4.69) is 0 Å². The third kappa shape index (κ3) is 4.23. The van der Waals surface area contributed by atoms with Gasteiger partial charge in [0, 0.05) is 16.5 Å². The number of carbonyl (C=O) groups excluding carboxylic acids is 1. The van der Waals surface area contributed by atoms with Gasteiger partial charge in [-0.15, -0.1) is 0 Å². The average molecular weight is 253 g/mol. The minimum atomic E-state index is -0.311. The fourth-order valence-electron chi connectivity index (χ4n) is 1.44. The molecule has 0 aliphatic carbocycles. The molecule has 3 heteroatoms. The van der Waals surface area contributed by atoms with Crippen LogP contribution in [-0.4, -0.2) is 12.6 Å². The Labute approximate surface area is 107 Å². The normalized spacial score (nSPS) is 11.8. The standard InChI is InChI=1S/C14H17ClO2/c1-4-17-13(16)9-10-14(2,3)11-5-7-12(15)8-6-11/h5-10H,4H2,1-3H3/b10-9+. The molecule has 0 aromatic heterocycles. The first-order valence-electron chi connectivity index (χ1n) is 5.58. The van der Waals surface area contributed by atoms with E-state index in [9.17, 15) is 4.79 Å². The van der Waals surface area contributed by atoms with E-state index in [0.717, 1.165) is 5.56 Å². The Balaban J connectivity index is 2.80. The lowest BCUT2D eigenvalue weighted by atomic mass is 9.84. The molecule has 0 aliphatic heterocycles. The summed E-state index contributed by atoms with van der Waals surface area (Å²) in [5, 5.41) is 0.707. The molecule has 0 N–H and O–H groups in total. The molecule has 0 fully saturated rings. The summed E-state index contributed by atoms with van der Waals surface area (Å²) in [4.78, 5) is 11.2. The van der Waals surface area contributed by atoms with Crippen LogP contribution in [0.5, 0.6) is 0 Å². The molecular formula is C14H17ClO2. The van der Waals surface area contributed by atoms with Crippen LogP contribution in [0.25, 0.3) is 0 Å². The zero-order valence-corrected chi connectivity index (χ0v) is 11.1. The predicted molar refractivity (Wildman–Crippen MR) is 70.3 cm³/mol. The molecule has 1 rings (SSSR count). The van der Waals surface area contributed by atoms with Crippen LogP contribution in [-0.2, 0) is 14.9 Å². The summed E-state index contributed by atoms with van der Waals surface area (Å²) in [6.45, 7) is 6.25. The molecule has 1 aromatic rings. The van der Waals surface area contributed by atoms with Gasteiger partial charge in [0.15, 0.2) is 0 Å². The van der Waals surface area contributed by atoms with Crippen LogP contribution >= 0.6 is 11.6 Å². The molecule has 0 atom stereocenters. The predicted octanol–water partition coefficient (Wildman–Crippen LogP) is 3.74. The van der Waals surface area contributed by atoms with Crippen LogP contribution in [0.4, 0.5) is 0 Å². The van der Waals surface area contributed by atoms with E-state index in [1.165, 1.54) is 6.08 Å². The van der Waals surface area contributed by atoms with Crippen LogP contribution in [0.1, 0.15) is 26.3 Å². The second-order valence-electron chi connectivity index (χ2n) is 4.31. The highest BCUT2D eigenvalue weighted by atomic mass is 35.5. The van der Waals surface area contributed by atoms with Crippen LogP contribution in [0.2, 0.25) is 5.02 Å². The number of benzene rings is 1. The number of carbonyl (C=O) groups is 1. The first kappa shape index (κ1) is 13.8. The van der Waals surface area contributed by atoms with Crippen molar-refractivity contribution in [1.82, 2.24) is 0 Å². The number of halogens is 1. The maximum Gasteiger partial charge on any atom is 0.330 e. The van der Waals surface area contributed by atoms with Crippen LogP contribution in [0.15, 0.2) is 36.4 Å². The number of allylic oxidation sites excluding steroid dienone is 1. The number of rotatable bonds is 4. The molecule has 0 saturated heterocycles. The number of hydrogen-bond donors (Lipinski definition) is 0. The first-order chi connectivity index (χ1) is 7.95. The van der Waals surface area contributed by atoms with E-state index in [4.69, 9.17) is 16.3 Å². The number of hydrogen-bond acceptors (Lipinski definition) is 2. The summed E-state index contributed by atoms with van der Waals surface area (Å²) in [6, 6.07) is 7.60. The van der Waals surface area contributed by atoms with Gasteiger partial charge in [-0.25, -0.2) is 4.79 Å². The summed E-state index contributed by atoms with van der Waals surface area (Å²) in [6.07, 6.45) is 3.31. The molecule has 0 bridgehead atoms. The Kier molecular flexibility index (Phi) is 4.76. The van der Waals surface area contributed by atoms with Crippen molar-refractivity contribution in [3.8, 4) is 0 Å². The highest BCUT2D eigenvalue weighted by Gasteiger charge is 2.17. The quantitative estimate of drug-likeness (QED) is 0.603. The molecule has 0 radical (unpaired) electrons. The highest BCUT2D eigenvalue weighted by molar-refractivity contribution is 6.30. The van der Waals surface area contributed by atoms with Crippen molar-refractivity contribution in [2.75, 3.05) is 6.61 Å². The van der Waals surface area contributed by atoms with E-state index in [-0.39, 0.29) is 11.4 Å². The van der Waals surface area contributed by atoms with Gasteiger partial charge in [0.05, 0.1) is 6.61 Å². The smallest absolute Gasteiger partial charge is 0.330 e. The van der Waals surface area contributed by atoms with Gasteiger partial charge in [-0.1, -0.05) is 43.7 Å². The summed E-state index contributed by atoms with van der Waals surface area (Å²) in [5.41, 5.74) is 0.875. The third-order valence-electron chi connectivity index (χ3n) is 2.51. The van der Waals surface area contributed by atoms with Gasteiger partial charge in [0.1, 0.15) is 0 Å². The van der Waals surface area contributed by atoms with E-state index >= 15 is 0 Å². The van der Waals surface area contributed by atoms with Gasteiger partial charge >= 0.3 is 5.97 Å². The number of esters is 1. The minimum Gasteiger partial charge on any atom is -0.463 e. The van der Waals surface area contributed by atoms with E-state index in [1.807, 2.05) is 44.2 Å². The van der Waals surface area contributed by atoms with Gasteiger partial charge in [-0.2, -0.15) is 0 Å². The fraction of sp³-hybridized carbons (Fsp3) is 0.357. The molecule has 92 valence electrons. The Morgan fingerprint density at radius 2 is 1.94 bits per heavy atom. The fourth-order valence-corrected chi connectivity index (χ4v) is 1.57. The Bertz CT molecular complexity index is 405. The largest absolute Gasteiger partial charge is 0.463 e. The third-order valence-corrected chi connectivity index (χ3v) is 2.76. The molecule has 0 aliphatic rings. The van der Waals surface area contributed by atoms with Gasteiger partial charge in [-0.3, -0.25) is 0 Å². The molecule has 17 heavy (non-hydrogen) atoms. The topological polar surface area (TPSA) is 26.3 Å². The molecular weight excluding hydrogens is 236 g/mol. The molecule has 0 saturated carbocycles. The van der Waals surface area contributed by atoms with Gasteiger partial charge in [0.25, 0.3) is 0 Å². The zero-order chi connectivity index (χ0) is 12.9. The summed E-state index contributed by atoms with van der Waals surface area (Å²) in [5.74, 6) is -0.311. The van der Waals surface area contributed by atoms with Gasteiger partial charge < -0.3 is 4.74 Å². The summed E-state index contributed by atoms with van der Waals surface area (Å²) >= 11 is 5.84. The average Bonchev–Trinajstić information content (AvgIpc) is 2.28. The molecule has 0 spiro atoms. The second kappa shape index (κ2) is 5.87. The van der Waals surface area contributed by atoms with Crippen molar-refractivity contribution in [2.24, 2.45) is 0 Å². The Morgan fingerprint density at radius 1 is 1.35 bits per heavy atom. The maximum absolute atomic E-state index is 11.2. The maximum atomic E-state index is 11.2. The van der Waals surface area contributed by atoms with E-state index in [1.54, 1.807) is 6.92 Å². The molecule has 2 nitrogen and oxygen atoms in total. The lowest BCUT2D eigenvalue weighted by Gasteiger charge is -2.20. The SMILES string of the molecule is CCOC(=O)/C=C/C(C)(C)c1ccc(Cl)cc1. The lowest BCUT2D eigenvalue weighted by Crippen LogP contribution is -2.14. The van der Waals surface area contributed by atoms with Crippen molar-refractivity contribution in [2.45, 2.75) is 26.2 Å². The molecule has 0 heterocycles. The van der Waals surface area contributed by atoms with Gasteiger partial charge in [0.2, 0.25) is 0 Å². The lowest BCUT2D eigenvalue weighted by molar-refractivity contribution is -0.137. The molecule has 1 aromatic carbocycles. The zero-order valence-electron chi connectivity index (χ0n) is 10.4. The Morgan fingerprint density at radius 3 is 2.47 bits per heavy atom. The van der Waals surface area contributed by atoms with Crippen molar-refractivity contribution in [1.29, 1.82) is 0 Å². The van der Waals surface area contributed by atoms with Gasteiger partial charge in [-0.05, 0) is 24.6 Å². The Hall–Kier alpha value is -1.28. The molecule has 0 unspecified atom stereocenters. The molecule has 0 amide bonds. The minimum absolute atomic E-state index is 0.225. The van der Waals surface area contributed by atoms with Crippen molar-refractivity contribution >= 4 is 17.6 Å². The van der Waals surface area contributed by atoms with Crippen molar-refractivity contribution < 1.29 is 9.53 Å². The van der Waals surface area contributed by atoms with Crippen LogP contribution in [0, 0.1) is 0 Å². The number of ether oxygens (including phenoxy) is 1. The summed E-state index contributed by atoms with van der Waals surface area (Å²) in [7, 11) is 0. The monoisotopic (exact) mass is 252 g/mol. The van der Waals surface area contributed by atoms with E-state index < -0.39 is 0 Å². The summed E-state index contributed by atoms with van der Waals surface area (Å²) < 4.78 is 4.85. The van der Waals surface area contributed by atoms with Crippen LogP contribution < -0.4 is 0 Å². The van der Waals surface area contributed by atoms with Crippen molar-refractivity contribution in [3.63, 3.8) is 0 Å². The second-order valence-corrected chi connectivity index (χ2v) is 4.75. The van der Waals surface area contributed by atoms with Crippen LogP contribution in [0.3, 0.4) is 0 Å². The first-order valence-corrected chi connectivity index (χ1v) is 5.95. The van der Waals surface area contributed by atoms with E-state index in [0.29, 0.717) is 11.6 Å².